The third-order valence-corrected chi connectivity index (χ3v) is 0.994. The van der Waals surface area contributed by atoms with Crippen LogP contribution in [0.1, 0.15) is 20.3 Å². The molecule has 0 unspecified atom stereocenters. The van der Waals surface area contributed by atoms with E-state index in [1.807, 2.05) is 0 Å². The van der Waals surface area contributed by atoms with Gasteiger partial charge in [-0.2, -0.15) is 0 Å². The molecule has 0 fully saturated rings. The monoisotopic (exact) mass is 109 g/mol. The molecule has 0 aromatic heterocycles. The Morgan fingerprint density at radius 3 is 2.50 bits per heavy atom. The smallest absolute Gasteiger partial charge is 0.0964 e. The predicted molar refractivity (Wildman–Crippen MR) is 40.5 cm³/mol. The minimum atomic E-state index is 1.14. The normalized spacial score (nSPS) is 10.2. The number of hydrogen-bond acceptors (Lipinski definition) is 0. The molecule has 1 heteroatoms. The number of allylic oxidation sites excluding steroid dienone is 2. The lowest BCUT2D eigenvalue weighted by atomic mass is 9.72. The summed E-state index contributed by atoms with van der Waals surface area (Å²) in [5.74, 6) is 0. The van der Waals surface area contributed by atoms with E-state index in [-0.39, 0.29) is 0 Å². The molecule has 0 atom stereocenters. The fraction of sp³-hybridized carbons (Fsp3) is 0.714. The molecule has 0 saturated carbocycles. The van der Waals surface area contributed by atoms with E-state index in [4.69, 9.17) is 0 Å². The summed E-state index contributed by atoms with van der Waals surface area (Å²) in [7, 11) is 2.27. The standard InChI is InChI=1S/C7H14B/c1-3-5-6-7-8-4-2/h5-6H,3-4,7H2,1-2H3/b6-5+. The van der Waals surface area contributed by atoms with Crippen LogP contribution in [0, 0.1) is 0 Å². The van der Waals surface area contributed by atoms with Crippen LogP contribution in [0.4, 0.5) is 0 Å². The van der Waals surface area contributed by atoms with E-state index in [2.05, 4.69) is 33.3 Å². The Morgan fingerprint density at radius 1 is 1.25 bits per heavy atom. The maximum atomic E-state index is 2.27. The van der Waals surface area contributed by atoms with Gasteiger partial charge in [0.05, 0.1) is 0 Å². The van der Waals surface area contributed by atoms with Gasteiger partial charge in [0.25, 0.3) is 0 Å². The van der Waals surface area contributed by atoms with Crippen molar-refractivity contribution in [3.05, 3.63) is 12.2 Å². The second kappa shape index (κ2) is 6.80. The Labute approximate surface area is 53.2 Å². The van der Waals surface area contributed by atoms with Gasteiger partial charge in [-0.05, 0) is 6.42 Å². The van der Waals surface area contributed by atoms with Crippen LogP contribution in [0.2, 0.25) is 12.6 Å². The molecule has 0 bridgehead atoms. The lowest BCUT2D eigenvalue weighted by Crippen LogP contribution is -1.79. The van der Waals surface area contributed by atoms with Crippen molar-refractivity contribution >= 4 is 7.28 Å². The van der Waals surface area contributed by atoms with E-state index in [1.165, 1.54) is 6.32 Å². The van der Waals surface area contributed by atoms with E-state index in [0.29, 0.717) is 0 Å². The summed E-state index contributed by atoms with van der Waals surface area (Å²) in [6, 6.07) is 0. The number of rotatable bonds is 4. The van der Waals surface area contributed by atoms with Gasteiger partial charge in [0.1, 0.15) is 7.28 Å². The van der Waals surface area contributed by atoms with Gasteiger partial charge in [-0.15, -0.1) is 0 Å². The summed E-state index contributed by atoms with van der Waals surface area (Å²) in [5.41, 5.74) is 0. The molecule has 0 heterocycles. The lowest BCUT2D eigenvalue weighted by Gasteiger charge is -1.83. The summed E-state index contributed by atoms with van der Waals surface area (Å²) in [5, 5.41) is 0. The van der Waals surface area contributed by atoms with Crippen molar-refractivity contribution in [1.82, 2.24) is 0 Å². The van der Waals surface area contributed by atoms with Crippen molar-refractivity contribution in [2.24, 2.45) is 0 Å². The molecule has 0 aromatic rings. The van der Waals surface area contributed by atoms with E-state index < -0.39 is 0 Å². The van der Waals surface area contributed by atoms with Crippen LogP contribution in [0.15, 0.2) is 12.2 Å². The average Bonchev–Trinajstić information content (AvgIpc) is 1.81. The Hall–Kier alpha value is -0.195. The lowest BCUT2D eigenvalue weighted by molar-refractivity contribution is 1.21. The zero-order valence-corrected chi connectivity index (χ0v) is 5.85. The molecule has 0 spiro atoms. The Balaban J connectivity index is 2.80. The van der Waals surface area contributed by atoms with Gasteiger partial charge >= 0.3 is 0 Å². The molecule has 45 valence electrons. The fourth-order valence-electron chi connectivity index (χ4n) is 0.526. The first-order valence-electron chi connectivity index (χ1n) is 3.38. The quantitative estimate of drug-likeness (QED) is 0.295. The first kappa shape index (κ1) is 7.80. The van der Waals surface area contributed by atoms with Crippen molar-refractivity contribution in [2.75, 3.05) is 0 Å². The molecule has 1 radical (unpaired) electrons. The van der Waals surface area contributed by atoms with Gasteiger partial charge in [0.2, 0.25) is 0 Å². The van der Waals surface area contributed by atoms with Crippen LogP contribution in [-0.4, -0.2) is 7.28 Å². The Bertz CT molecular complexity index is 57.4. The SMILES string of the molecule is CC[B]C/C=C/CC. The van der Waals surface area contributed by atoms with Gasteiger partial charge in [-0.25, -0.2) is 0 Å². The summed E-state index contributed by atoms with van der Waals surface area (Å²) in [6.07, 6.45) is 7.91. The zero-order valence-electron chi connectivity index (χ0n) is 5.85. The molecule has 0 rings (SSSR count). The average molecular weight is 109 g/mol. The maximum absolute atomic E-state index is 2.27. The third-order valence-electron chi connectivity index (χ3n) is 0.994. The topological polar surface area (TPSA) is 0 Å². The van der Waals surface area contributed by atoms with Crippen LogP contribution in [0.3, 0.4) is 0 Å². The largest absolute Gasteiger partial charge is 0.114 e. The van der Waals surface area contributed by atoms with Crippen LogP contribution >= 0.6 is 0 Å². The highest BCUT2D eigenvalue weighted by molar-refractivity contribution is 6.35. The van der Waals surface area contributed by atoms with Crippen LogP contribution < -0.4 is 0 Å². The van der Waals surface area contributed by atoms with Gasteiger partial charge in [0, 0.05) is 0 Å². The molecular weight excluding hydrogens is 94.9 g/mol. The maximum Gasteiger partial charge on any atom is 0.114 e. The second-order valence-electron chi connectivity index (χ2n) is 1.81. The van der Waals surface area contributed by atoms with Crippen LogP contribution in [0.25, 0.3) is 0 Å². The summed E-state index contributed by atoms with van der Waals surface area (Å²) in [6.45, 7) is 4.32. The van der Waals surface area contributed by atoms with Gasteiger partial charge < -0.3 is 0 Å². The second-order valence-corrected chi connectivity index (χ2v) is 1.81. The molecule has 0 aliphatic rings. The summed E-state index contributed by atoms with van der Waals surface area (Å²) >= 11 is 0. The third kappa shape index (κ3) is 5.80. The molecule has 0 nitrogen and oxygen atoms in total. The number of hydrogen-bond donors (Lipinski definition) is 0. The first-order valence-corrected chi connectivity index (χ1v) is 3.38. The van der Waals surface area contributed by atoms with E-state index >= 15 is 0 Å². The van der Waals surface area contributed by atoms with Gasteiger partial charge in [0.15, 0.2) is 0 Å². The molecular formula is C7H14B. The minimum Gasteiger partial charge on any atom is -0.0964 e. The summed E-state index contributed by atoms with van der Waals surface area (Å²) < 4.78 is 0. The van der Waals surface area contributed by atoms with Crippen LogP contribution in [-0.2, 0) is 0 Å². The zero-order chi connectivity index (χ0) is 6.24. The summed E-state index contributed by atoms with van der Waals surface area (Å²) in [4.78, 5) is 0. The van der Waals surface area contributed by atoms with E-state index in [9.17, 15) is 0 Å². The van der Waals surface area contributed by atoms with Gasteiger partial charge in [-0.3, -0.25) is 0 Å². The van der Waals surface area contributed by atoms with Crippen LogP contribution in [0.5, 0.6) is 0 Å². The molecule has 0 N–H and O–H groups in total. The fourth-order valence-corrected chi connectivity index (χ4v) is 0.526. The van der Waals surface area contributed by atoms with Crippen molar-refractivity contribution in [3.8, 4) is 0 Å². The molecule has 8 heavy (non-hydrogen) atoms. The molecule has 0 amide bonds. The molecule has 0 aliphatic heterocycles. The van der Waals surface area contributed by atoms with Crippen molar-refractivity contribution in [3.63, 3.8) is 0 Å². The first-order chi connectivity index (χ1) is 3.91. The highest BCUT2D eigenvalue weighted by Gasteiger charge is 1.77. The molecule has 0 saturated heterocycles. The molecule has 0 aliphatic carbocycles. The van der Waals surface area contributed by atoms with E-state index in [0.717, 1.165) is 12.7 Å². The van der Waals surface area contributed by atoms with Crippen molar-refractivity contribution in [2.45, 2.75) is 32.9 Å². The predicted octanol–water partition coefficient (Wildman–Crippen LogP) is 2.51. The molecule has 0 aromatic carbocycles. The van der Waals surface area contributed by atoms with Gasteiger partial charge in [-0.1, -0.05) is 38.6 Å². The van der Waals surface area contributed by atoms with Crippen molar-refractivity contribution < 1.29 is 0 Å². The highest BCUT2D eigenvalue weighted by atomic mass is 13.7. The minimum absolute atomic E-state index is 1.14. The Kier molecular flexibility index (Phi) is 6.64. The van der Waals surface area contributed by atoms with E-state index in [1.54, 1.807) is 0 Å². The highest BCUT2D eigenvalue weighted by Crippen LogP contribution is 1.87. The Morgan fingerprint density at radius 2 is 2.00 bits per heavy atom. The van der Waals surface area contributed by atoms with Crippen molar-refractivity contribution in [1.29, 1.82) is 0 Å².